The van der Waals surface area contributed by atoms with Gasteiger partial charge in [-0.1, -0.05) is 0 Å². The first-order valence-electron chi connectivity index (χ1n) is 7.42. The van der Waals surface area contributed by atoms with Gasteiger partial charge in [0.25, 0.3) is 0 Å². The van der Waals surface area contributed by atoms with Crippen LogP contribution in [-0.2, 0) is 4.74 Å². The fraction of sp³-hybridized carbons (Fsp3) is 0.667. The van der Waals surface area contributed by atoms with E-state index in [4.69, 9.17) is 16.3 Å². The minimum absolute atomic E-state index is 0.248. The number of hydrogen-bond donors (Lipinski definition) is 1. The predicted molar refractivity (Wildman–Crippen MR) is 86.3 cm³/mol. The molecular weight excluding hydrogens is 304 g/mol. The Kier molecular flexibility index (Phi) is 4.80. The van der Waals surface area contributed by atoms with Crippen LogP contribution in [0.1, 0.15) is 40.5 Å². The predicted octanol–water partition coefficient (Wildman–Crippen LogP) is 3.01. The van der Waals surface area contributed by atoms with E-state index in [0.29, 0.717) is 0 Å². The molecule has 2 heterocycles. The number of halogens is 1. The van der Waals surface area contributed by atoms with Crippen LogP contribution in [0.25, 0.3) is 0 Å². The highest BCUT2D eigenvalue weighted by molar-refractivity contribution is 6.28. The summed E-state index contributed by atoms with van der Waals surface area (Å²) >= 11 is 5.83. The Hall–Kier alpha value is -1.56. The first-order valence-corrected chi connectivity index (χ1v) is 7.79. The van der Waals surface area contributed by atoms with E-state index in [-0.39, 0.29) is 16.9 Å². The summed E-state index contributed by atoms with van der Waals surface area (Å²) < 4.78 is 5.33. The number of hydrogen-bond acceptors (Lipinski definition) is 5. The molecule has 6 nitrogen and oxygen atoms in total. The number of nitrogens with one attached hydrogen (secondary N) is 1. The van der Waals surface area contributed by atoms with Crippen molar-refractivity contribution in [2.45, 2.75) is 51.7 Å². The van der Waals surface area contributed by atoms with E-state index in [1.165, 1.54) is 0 Å². The van der Waals surface area contributed by atoms with Crippen LogP contribution in [-0.4, -0.2) is 40.3 Å². The number of piperidine rings is 1. The minimum atomic E-state index is -0.487. The molecule has 0 radical (unpaired) electrons. The van der Waals surface area contributed by atoms with Crippen LogP contribution in [0.2, 0.25) is 5.28 Å². The van der Waals surface area contributed by atoms with Crippen LogP contribution < -0.4 is 10.2 Å². The summed E-state index contributed by atoms with van der Waals surface area (Å²) in [5.74, 6) is 0.819. The second kappa shape index (κ2) is 6.28. The number of anilines is 1. The second-order valence-corrected chi connectivity index (χ2v) is 7.20. The van der Waals surface area contributed by atoms with Crippen molar-refractivity contribution in [3.8, 4) is 0 Å². The SMILES string of the molecule is CC1(NC(=O)OC(C)(C)C)CCN(c2ccnc(Cl)n2)CC1. The van der Waals surface area contributed by atoms with Crippen LogP contribution in [0, 0.1) is 0 Å². The molecule has 0 bridgehead atoms. The van der Waals surface area contributed by atoms with E-state index in [9.17, 15) is 4.79 Å². The molecule has 1 saturated heterocycles. The van der Waals surface area contributed by atoms with Gasteiger partial charge in [-0.15, -0.1) is 0 Å². The Morgan fingerprint density at radius 3 is 2.59 bits per heavy atom. The van der Waals surface area contributed by atoms with Gasteiger partial charge in [-0.25, -0.2) is 14.8 Å². The lowest BCUT2D eigenvalue weighted by Gasteiger charge is -2.40. The van der Waals surface area contributed by atoms with Crippen molar-refractivity contribution in [3.63, 3.8) is 0 Å². The standard InChI is InChI=1S/C15H23ClN4O2/c1-14(2,3)22-13(21)19-15(4)6-9-20(10-7-15)11-5-8-17-12(16)18-11/h5,8H,6-7,9-10H2,1-4H3,(H,19,21). The highest BCUT2D eigenvalue weighted by Crippen LogP contribution is 2.25. The molecule has 0 aromatic carbocycles. The molecule has 1 N–H and O–H groups in total. The Morgan fingerprint density at radius 1 is 1.41 bits per heavy atom. The zero-order chi connectivity index (χ0) is 16.4. The molecule has 0 saturated carbocycles. The van der Waals surface area contributed by atoms with Crippen LogP contribution in [0.15, 0.2) is 12.3 Å². The lowest BCUT2D eigenvalue weighted by molar-refractivity contribution is 0.0448. The summed E-state index contributed by atoms with van der Waals surface area (Å²) in [5, 5.41) is 3.24. The second-order valence-electron chi connectivity index (χ2n) is 6.86. The van der Waals surface area contributed by atoms with Gasteiger partial charge < -0.3 is 15.0 Å². The van der Waals surface area contributed by atoms with E-state index in [1.54, 1.807) is 6.20 Å². The normalized spacial score (nSPS) is 18.0. The smallest absolute Gasteiger partial charge is 0.408 e. The number of carbonyl (C=O) groups is 1. The summed E-state index contributed by atoms with van der Waals surface area (Å²) in [7, 11) is 0. The molecule has 22 heavy (non-hydrogen) atoms. The van der Waals surface area contributed by atoms with Crippen LogP contribution >= 0.6 is 11.6 Å². The van der Waals surface area contributed by atoms with Crippen molar-refractivity contribution in [2.75, 3.05) is 18.0 Å². The van der Waals surface area contributed by atoms with Gasteiger partial charge in [0.1, 0.15) is 11.4 Å². The number of aromatic nitrogens is 2. The van der Waals surface area contributed by atoms with Gasteiger partial charge in [0.2, 0.25) is 5.28 Å². The van der Waals surface area contributed by atoms with E-state index in [0.717, 1.165) is 31.7 Å². The summed E-state index contributed by atoms with van der Waals surface area (Å²) in [4.78, 5) is 22.2. The summed E-state index contributed by atoms with van der Waals surface area (Å²) in [5.41, 5.74) is -0.755. The van der Waals surface area contributed by atoms with Crippen LogP contribution in [0.3, 0.4) is 0 Å². The summed E-state index contributed by atoms with van der Waals surface area (Å²) in [6.45, 7) is 9.20. The minimum Gasteiger partial charge on any atom is -0.444 e. The average molecular weight is 327 g/mol. The van der Waals surface area contributed by atoms with Gasteiger partial charge in [-0.05, 0) is 58.2 Å². The van der Waals surface area contributed by atoms with Crippen molar-refractivity contribution in [1.82, 2.24) is 15.3 Å². The van der Waals surface area contributed by atoms with E-state index < -0.39 is 5.60 Å². The third-order valence-electron chi connectivity index (χ3n) is 3.61. The molecule has 0 atom stereocenters. The Labute approximate surface area is 136 Å². The molecule has 1 aromatic heterocycles. The number of carbonyl (C=O) groups excluding carboxylic acids is 1. The van der Waals surface area contributed by atoms with Crippen molar-refractivity contribution in [3.05, 3.63) is 17.5 Å². The lowest BCUT2D eigenvalue weighted by Crippen LogP contribution is -2.54. The van der Waals surface area contributed by atoms with Crippen molar-refractivity contribution in [2.24, 2.45) is 0 Å². The molecule has 7 heteroatoms. The van der Waals surface area contributed by atoms with Gasteiger partial charge in [-0.2, -0.15) is 0 Å². The van der Waals surface area contributed by atoms with Crippen molar-refractivity contribution < 1.29 is 9.53 Å². The van der Waals surface area contributed by atoms with Crippen LogP contribution in [0.5, 0.6) is 0 Å². The first-order chi connectivity index (χ1) is 10.2. The topological polar surface area (TPSA) is 67.3 Å². The maximum atomic E-state index is 11.9. The zero-order valence-corrected chi connectivity index (χ0v) is 14.3. The first kappa shape index (κ1) is 16.8. The van der Waals surface area contributed by atoms with Gasteiger partial charge in [0.05, 0.1) is 0 Å². The number of alkyl carbamates (subject to hydrolysis) is 1. The Morgan fingerprint density at radius 2 is 2.05 bits per heavy atom. The maximum Gasteiger partial charge on any atom is 0.408 e. The van der Waals surface area contributed by atoms with Gasteiger partial charge in [-0.3, -0.25) is 0 Å². The molecule has 1 aromatic rings. The van der Waals surface area contributed by atoms with Gasteiger partial charge >= 0.3 is 6.09 Å². The van der Waals surface area contributed by atoms with Crippen LogP contribution in [0.4, 0.5) is 10.6 Å². The fourth-order valence-corrected chi connectivity index (χ4v) is 2.55. The maximum absolute atomic E-state index is 11.9. The molecule has 1 aliphatic heterocycles. The highest BCUT2D eigenvalue weighted by atomic mass is 35.5. The lowest BCUT2D eigenvalue weighted by atomic mass is 9.90. The number of nitrogens with zero attached hydrogens (tertiary/aromatic N) is 3. The quantitative estimate of drug-likeness (QED) is 0.846. The fourth-order valence-electron chi connectivity index (χ4n) is 2.41. The van der Waals surface area contributed by atoms with Crippen molar-refractivity contribution in [1.29, 1.82) is 0 Å². The molecule has 122 valence electrons. The van der Waals surface area contributed by atoms with Gasteiger partial charge in [0.15, 0.2) is 0 Å². The van der Waals surface area contributed by atoms with E-state index >= 15 is 0 Å². The number of ether oxygens (including phenoxy) is 1. The van der Waals surface area contributed by atoms with E-state index in [2.05, 4.69) is 20.2 Å². The third-order valence-corrected chi connectivity index (χ3v) is 3.79. The summed E-state index contributed by atoms with van der Waals surface area (Å²) in [6, 6.07) is 1.84. The number of amides is 1. The highest BCUT2D eigenvalue weighted by Gasteiger charge is 2.33. The van der Waals surface area contributed by atoms with Gasteiger partial charge in [0, 0.05) is 24.8 Å². The molecule has 0 spiro atoms. The third kappa shape index (κ3) is 4.73. The molecule has 1 amide bonds. The zero-order valence-electron chi connectivity index (χ0n) is 13.5. The monoisotopic (exact) mass is 326 g/mol. The molecule has 1 fully saturated rings. The molecular formula is C15H23ClN4O2. The Balaban J connectivity index is 1.91. The van der Waals surface area contributed by atoms with Crippen molar-refractivity contribution >= 4 is 23.5 Å². The summed E-state index contributed by atoms with van der Waals surface area (Å²) in [6.07, 6.45) is 2.91. The molecule has 1 aliphatic rings. The largest absolute Gasteiger partial charge is 0.444 e. The van der Waals surface area contributed by atoms with E-state index in [1.807, 2.05) is 33.8 Å². The molecule has 2 rings (SSSR count). The Bertz CT molecular complexity index is 537. The molecule has 0 unspecified atom stereocenters. The molecule has 0 aliphatic carbocycles. The number of rotatable bonds is 2. The average Bonchev–Trinajstić information content (AvgIpc) is 2.36.